The highest BCUT2D eigenvalue weighted by Crippen LogP contribution is 2.17. The van der Waals surface area contributed by atoms with Crippen LogP contribution in [0.5, 0.6) is 0 Å². The summed E-state index contributed by atoms with van der Waals surface area (Å²) in [5, 5.41) is 3.07. The van der Waals surface area contributed by atoms with Gasteiger partial charge in [-0.2, -0.15) is 0 Å². The van der Waals surface area contributed by atoms with Crippen molar-refractivity contribution in [3.63, 3.8) is 0 Å². The van der Waals surface area contributed by atoms with Crippen molar-refractivity contribution in [1.82, 2.24) is 10.2 Å². The van der Waals surface area contributed by atoms with Crippen molar-refractivity contribution in [2.24, 2.45) is 0 Å². The number of piperidine rings is 1. The van der Waals surface area contributed by atoms with E-state index < -0.39 is 9.84 Å². The van der Waals surface area contributed by atoms with Gasteiger partial charge in [0, 0.05) is 37.5 Å². The van der Waals surface area contributed by atoms with Crippen LogP contribution in [-0.4, -0.2) is 44.6 Å². The van der Waals surface area contributed by atoms with Crippen LogP contribution in [0.2, 0.25) is 0 Å². The second kappa shape index (κ2) is 8.23. The molecule has 3 rings (SSSR count). The van der Waals surface area contributed by atoms with Crippen molar-refractivity contribution in [3.8, 4) is 0 Å². The Labute approximate surface area is 161 Å². The van der Waals surface area contributed by atoms with Crippen molar-refractivity contribution >= 4 is 15.7 Å². The largest absolute Gasteiger partial charge is 0.349 e. The maximum Gasteiger partial charge on any atom is 0.251 e. The van der Waals surface area contributed by atoms with Crippen LogP contribution in [0.4, 0.5) is 0 Å². The molecule has 0 aliphatic carbocycles. The second-order valence-electron chi connectivity index (χ2n) is 7.25. The molecule has 0 atom stereocenters. The lowest BCUT2D eigenvalue weighted by molar-refractivity contribution is 0.0909. The van der Waals surface area contributed by atoms with Crippen LogP contribution in [0.25, 0.3) is 0 Å². The molecule has 0 bridgehead atoms. The molecule has 2 aromatic carbocycles. The van der Waals surface area contributed by atoms with Gasteiger partial charge in [0.15, 0.2) is 9.84 Å². The Morgan fingerprint density at radius 2 is 1.70 bits per heavy atom. The topological polar surface area (TPSA) is 66.5 Å². The number of nitrogens with zero attached hydrogens (tertiary/aromatic N) is 1. The Kier molecular flexibility index (Phi) is 5.97. The van der Waals surface area contributed by atoms with E-state index in [1.165, 1.54) is 23.3 Å². The first-order valence-corrected chi connectivity index (χ1v) is 11.1. The fourth-order valence-electron chi connectivity index (χ4n) is 3.39. The predicted molar refractivity (Wildman–Crippen MR) is 106 cm³/mol. The summed E-state index contributed by atoms with van der Waals surface area (Å²) in [4.78, 5) is 15.1. The summed E-state index contributed by atoms with van der Waals surface area (Å²) >= 11 is 0. The number of benzene rings is 2. The highest BCUT2D eigenvalue weighted by Gasteiger charge is 2.21. The molecule has 0 spiro atoms. The standard InChI is InChI=1S/C21H26N2O3S/c1-16-5-3-4-6-18(16)15-23-13-11-19(12-14-23)22-21(24)17-7-9-20(10-8-17)27(2,25)26/h3-10,19H,11-15H2,1-2H3,(H,22,24). The lowest BCUT2D eigenvalue weighted by atomic mass is 10.0. The third-order valence-electron chi connectivity index (χ3n) is 5.12. The lowest BCUT2D eigenvalue weighted by Gasteiger charge is -2.32. The Bertz CT molecular complexity index is 899. The summed E-state index contributed by atoms with van der Waals surface area (Å²) in [6, 6.07) is 14.7. The number of amides is 1. The first kappa shape index (κ1) is 19.6. The molecule has 1 N–H and O–H groups in total. The van der Waals surface area contributed by atoms with E-state index in [9.17, 15) is 13.2 Å². The van der Waals surface area contributed by atoms with Gasteiger partial charge in [-0.05, 0) is 55.2 Å². The molecule has 5 nitrogen and oxygen atoms in total. The molecular formula is C21H26N2O3S. The molecule has 1 saturated heterocycles. The van der Waals surface area contributed by atoms with Gasteiger partial charge in [0.2, 0.25) is 0 Å². The summed E-state index contributed by atoms with van der Waals surface area (Å²) in [5.41, 5.74) is 3.15. The number of sulfone groups is 1. The minimum absolute atomic E-state index is 0.146. The average molecular weight is 387 g/mol. The van der Waals surface area contributed by atoms with E-state index in [0.717, 1.165) is 38.7 Å². The Morgan fingerprint density at radius 3 is 2.30 bits per heavy atom. The van der Waals surface area contributed by atoms with Crippen LogP contribution >= 0.6 is 0 Å². The summed E-state index contributed by atoms with van der Waals surface area (Å²) < 4.78 is 23.0. The number of carbonyl (C=O) groups is 1. The van der Waals surface area contributed by atoms with E-state index in [4.69, 9.17) is 0 Å². The number of carbonyl (C=O) groups excluding carboxylic acids is 1. The molecule has 0 unspecified atom stereocenters. The molecule has 6 heteroatoms. The van der Waals surface area contributed by atoms with Crippen LogP contribution in [0, 0.1) is 6.92 Å². The van der Waals surface area contributed by atoms with Crippen LogP contribution in [0.3, 0.4) is 0 Å². The maximum atomic E-state index is 12.4. The van der Waals surface area contributed by atoms with Gasteiger partial charge in [-0.25, -0.2) is 8.42 Å². The van der Waals surface area contributed by atoms with E-state index in [1.54, 1.807) is 12.1 Å². The first-order valence-electron chi connectivity index (χ1n) is 9.21. The SMILES string of the molecule is Cc1ccccc1CN1CCC(NC(=O)c2ccc(S(C)(=O)=O)cc2)CC1. The zero-order valence-corrected chi connectivity index (χ0v) is 16.6. The number of hydrogen-bond donors (Lipinski definition) is 1. The van der Waals surface area contributed by atoms with Gasteiger partial charge in [-0.15, -0.1) is 0 Å². The van der Waals surface area contributed by atoms with Gasteiger partial charge in [0.25, 0.3) is 5.91 Å². The van der Waals surface area contributed by atoms with Crippen molar-refractivity contribution in [2.75, 3.05) is 19.3 Å². The van der Waals surface area contributed by atoms with E-state index >= 15 is 0 Å². The van der Waals surface area contributed by atoms with Crippen LogP contribution < -0.4 is 5.32 Å². The molecule has 144 valence electrons. The van der Waals surface area contributed by atoms with Crippen molar-refractivity contribution in [3.05, 3.63) is 65.2 Å². The molecule has 0 saturated carbocycles. The Morgan fingerprint density at radius 1 is 1.07 bits per heavy atom. The summed E-state index contributed by atoms with van der Waals surface area (Å²) in [6.07, 6.45) is 2.99. The Hall–Kier alpha value is -2.18. The summed E-state index contributed by atoms with van der Waals surface area (Å²) in [5.74, 6) is -0.146. The highest BCUT2D eigenvalue weighted by atomic mass is 32.2. The molecule has 1 fully saturated rings. The van der Waals surface area contributed by atoms with Crippen molar-refractivity contribution in [2.45, 2.75) is 37.2 Å². The quantitative estimate of drug-likeness (QED) is 0.858. The minimum Gasteiger partial charge on any atom is -0.349 e. The predicted octanol–water partition coefficient (Wildman–Crippen LogP) is 2.79. The van der Waals surface area contributed by atoms with Gasteiger partial charge < -0.3 is 5.32 Å². The zero-order chi connectivity index (χ0) is 19.4. The van der Waals surface area contributed by atoms with E-state index in [2.05, 4.69) is 41.4 Å². The molecule has 1 aliphatic heterocycles. The van der Waals surface area contributed by atoms with Gasteiger partial charge in [-0.3, -0.25) is 9.69 Å². The minimum atomic E-state index is -3.24. The van der Waals surface area contributed by atoms with Gasteiger partial charge in [0.1, 0.15) is 0 Å². The van der Waals surface area contributed by atoms with Crippen molar-refractivity contribution < 1.29 is 13.2 Å². The molecular weight excluding hydrogens is 360 g/mol. The van der Waals surface area contributed by atoms with Crippen LogP contribution in [0.1, 0.15) is 34.3 Å². The van der Waals surface area contributed by atoms with Crippen LogP contribution in [0.15, 0.2) is 53.4 Å². The average Bonchev–Trinajstić information content (AvgIpc) is 2.64. The monoisotopic (exact) mass is 386 g/mol. The van der Waals surface area contributed by atoms with E-state index in [0.29, 0.717) is 5.56 Å². The van der Waals surface area contributed by atoms with Crippen molar-refractivity contribution in [1.29, 1.82) is 0 Å². The highest BCUT2D eigenvalue weighted by molar-refractivity contribution is 7.90. The number of nitrogens with one attached hydrogen (secondary N) is 1. The smallest absolute Gasteiger partial charge is 0.251 e. The maximum absolute atomic E-state index is 12.4. The molecule has 1 amide bonds. The second-order valence-corrected chi connectivity index (χ2v) is 9.26. The Balaban J connectivity index is 1.51. The normalized spacial score (nSPS) is 16.2. The summed E-state index contributed by atoms with van der Waals surface area (Å²) in [6.45, 7) is 4.98. The molecule has 0 aromatic heterocycles. The first-order chi connectivity index (χ1) is 12.8. The van der Waals surface area contributed by atoms with E-state index in [1.807, 2.05) is 0 Å². The molecule has 27 heavy (non-hydrogen) atoms. The fourth-order valence-corrected chi connectivity index (χ4v) is 4.02. The number of hydrogen-bond acceptors (Lipinski definition) is 4. The number of likely N-dealkylation sites (tertiary alicyclic amines) is 1. The molecule has 0 radical (unpaired) electrons. The van der Waals surface area contributed by atoms with Gasteiger partial charge >= 0.3 is 0 Å². The third-order valence-corrected chi connectivity index (χ3v) is 6.25. The lowest BCUT2D eigenvalue weighted by Crippen LogP contribution is -2.44. The third kappa shape index (κ3) is 5.17. The number of aryl methyl sites for hydroxylation is 1. The van der Waals surface area contributed by atoms with Gasteiger partial charge in [0.05, 0.1) is 4.90 Å². The van der Waals surface area contributed by atoms with Gasteiger partial charge in [-0.1, -0.05) is 24.3 Å². The molecule has 1 aliphatic rings. The van der Waals surface area contributed by atoms with E-state index in [-0.39, 0.29) is 16.8 Å². The number of rotatable bonds is 5. The zero-order valence-electron chi connectivity index (χ0n) is 15.8. The van der Waals surface area contributed by atoms with Crippen LogP contribution in [-0.2, 0) is 16.4 Å². The molecule has 2 aromatic rings. The fraction of sp³-hybridized carbons (Fsp3) is 0.381. The molecule has 1 heterocycles. The summed E-state index contributed by atoms with van der Waals surface area (Å²) in [7, 11) is -3.24.